The molecule has 0 aliphatic carbocycles. The van der Waals surface area contributed by atoms with E-state index in [1.54, 1.807) is 6.92 Å². The topological polar surface area (TPSA) is 136 Å². The molecule has 1 aromatic rings. The van der Waals surface area contributed by atoms with Crippen molar-refractivity contribution in [3.63, 3.8) is 0 Å². The SMILES string of the molecule is C[C@@H](CN)NC(=O)C1CCCN(S(=O)(=O)c2ccc([N+](=O)[O-])cc2)C1.Cl. The number of non-ortho nitro benzene ring substituents is 1. The molecular formula is C15H23ClN4O5S. The highest BCUT2D eigenvalue weighted by molar-refractivity contribution is 7.89. The van der Waals surface area contributed by atoms with Crippen molar-refractivity contribution in [2.45, 2.75) is 30.7 Å². The standard InChI is InChI=1S/C15H22N4O5S.ClH/c1-11(9-16)17-15(20)12-3-2-8-18(10-12)25(23,24)14-6-4-13(5-7-14)19(21)22;/h4-7,11-12H,2-3,8-10,16H2,1H3,(H,17,20);1H/t11-,12?;/m0./s1. The third-order valence-electron chi connectivity index (χ3n) is 4.18. The molecule has 26 heavy (non-hydrogen) atoms. The lowest BCUT2D eigenvalue weighted by Gasteiger charge is -2.31. The molecule has 0 bridgehead atoms. The zero-order valence-corrected chi connectivity index (χ0v) is 16.0. The van der Waals surface area contributed by atoms with Crippen LogP contribution >= 0.6 is 12.4 Å². The minimum absolute atomic E-state index is 0. The van der Waals surface area contributed by atoms with Crippen LogP contribution in [0, 0.1) is 16.0 Å². The Kier molecular flexibility index (Phi) is 7.94. The van der Waals surface area contributed by atoms with E-state index in [9.17, 15) is 23.3 Å². The van der Waals surface area contributed by atoms with Crippen molar-refractivity contribution in [2.75, 3.05) is 19.6 Å². The van der Waals surface area contributed by atoms with Crippen molar-refractivity contribution in [2.24, 2.45) is 11.7 Å². The highest BCUT2D eigenvalue weighted by Crippen LogP contribution is 2.25. The molecule has 0 spiro atoms. The van der Waals surface area contributed by atoms with Gasteiger partial charge in [-0.3, -0.25) is 14.9 Å². The number of nitro groups is 1. The van der Waals surface area contributed by atoms with Crippen molar-refractivity contribution in [1.29, 1.82) is 0 Å². The summed E-state index contributed by atoms with van der Waals surface area (Å²) in [6.45, 7) is 2.49. The Morgan fingerprint density at radius 2 is 2.04 bits per heavy atom. The summed E-state index contributed by atoms with van der Waals surface area (Å²) in [5, 5.41) is 13.5. The molecule has 1 saturated heterocycles. The van der Waals surface area contributed by atoms with Gasteiger partial charge in [0, 0.05) is 37.8 Å². The van der Waals surface area contributed by atoms with Gasteiger partial charge < -0.3 is 11.1 Å². The molecule has 2 rings (SSSR count). The number of amides is 1. The molecule has 1 heterocycles. The Labute approximate surface area is 158 Å². The number of halogens is 1. The lowest BCUT2D eigenvalue weighted by Crippen LogP contribution is -2.48. The van der Waals surface area contributed by atoms with Gasteiger partial charge in [-0.2, -0.15) is 4.31 Å². The lowest BCUT2D eigenvalue weighted by molar-refractivity contribution is -0.384. The molecule has 0 saturated carbocycles. The minimum atomic E-state index is -3.80. The predicted molar refractivity (Wildman–Crippen MR) is 98.5 cm³/mol. The van der Waals surface area contributed by atoms with Gasteiger partial charge in [-0.05, 0) is 31.9 Å². The number of carbonyl (C=O) groups is 1. The maximum atomic E-state index is 12.7. The summed E-state index contributed by atoms with van der Waals surface area (Å²) in [6, 6.07) is 4.57. The average molecular weight is 407 g/mol. The average Bonchev–Trinajstić information content (AvgIpc) is 2.61. The molecule has 2 atom stereocenters. The molecule has 1 aromatic carbocycles. The van der Waals surface area contributed by atoms with Gasteiger partial charge in [-0.15, -0.1) is 12.4 Å². The molecule has 9 nitrogen and oxygen atoms in total. The molecule has 0 aromatic heterocycles. The van der Waals surface area contributed by atoms with E-state index in [-0.39, 0.29) is 41.5 Å². The van der Waals surface area contributed by atoms with Gasteiger partial charge in [0.1, 0.15) is 0 Å². The second kappa shape index (κ2) is 9.26. The smallest absolute Gasteiger partial charge is 0.269 e. The minimum Gasteiger partial charge on any atom is -0.352 e. The third kappa shape index (κ3) is 5.13. The Morgan fingerprint density at radius 3 is 2.58 bits per heavy atom. The number of hydrogen-bond donors (Lipinski definition) is 2. The Balaban J connectivity index is 0.00000338. The summed E-state index contributed by atoms with van der Waals surface area (Å²) in [6.07, 6.45) is 1.18. The van der Waals surface area contributed by atoms with E-state index in [1.807, 2.05) is 0 Å². The fourth-order valence-electron chi connectivity index (χ4n) is 2.68. The van der Waals surface area contributed by atoms with Gasteiger partial charge in [-0.25, -0.2) is 8.42 Å². The van der Waals surface area contributed by atoms with Crippen molar-refractivity contribution in [3.05, 3.63) is 34.4 Å². The van der Waals surface area contributed by atoms with Gasteiger partial charge in [0.15, 0.2) is 0 Å². The van der Waals surface area contributed by atoms with Crippen molar-refractivity contribution in [1.82, 2.24) is 9.62 Å². The quantitative estimate of drug-likeness (QED) is 0.531. The van der Waals surface area contributed by atoms with E-state index in [2.05, 4.69) is 5.32 Å². The van der Waals surface area contributed by atoms with Crippen molar-refractivity contribution < 1.29 is 18.1 Å². The lowest BCUT2D eigenvalue weighted by atomic mass is 9.98. The number of carbonyl (C=O) groups excluding carboxylic acids is 1. The number of nitrogens with zero attached hydrogens (tertiary/aromatic N) is 2. The maximum absolute atomic E-state index is 12.7. The summed E-state index contributed by atoms with van der Waals surface area (Å²) < 4.78 is 26.7. The first kappa shape index (κ1) is 22.3. The molecule has 11 heteroatoms. The van der Waals surface area contributed by atoms with Crippen LogP contribution in [-0.4, -0.2) is 49.2 Å². The van der Waals surface area contributed by atoms with E-state index >= 15 is 0 Å². The Bertz CT molecular complexity index is 741. The van der Waals surface area contributed by atoms with E-state index in [0.29, 0.717) is 25.9 Å². The van der Waals surface area contributed by atoms with Gasteiger partial charge in [0.25, 0.3) is 5.69 Å². The number of nitro benzene ring substituents is 1. The highest BCUT2D eigenvalue weighted by Gasteiger charge is 2.33. The van der Waals surface area contributed by atoms with Gasteiger partial charge in [0.05, 0.1) is 15.7 Å². The molecular weight excluding hydrogens is 384 g/mol. The zero-order chi connectivity index (χ0) is 18.6. The number of piperidine rings is 1. The molecule has 0 radical (unpaired) electrons. The summed E-state index contributed by atoms with van der Waals surface area (Å²) in [5.41, 5.74) is 5.31. The van der Waals surface area contributed by atoms with Crippen LogP contribution in [0.5, 0.6) is 0 Å². The fraction of sp³-hybridized carbons (Fsp3) is 0.533. The van der Waals surface area contributed by atoms with E-state index in [0.717, 1.165) is 12.1 Å². The van der Waals surface area contributed by atoms with Crippen LogP contribution in [0.4, 0.5) is 5.69 Å². The van der Waals surface area contributed by atoms with Crippen LogP contribution in [0.1, 0.15) is 19.8 Å². The largest absolute Gasteiger partial charge is 0.352 e. The first-order valence-corrected chi connectivity index (χ1v) is 9.44. The van der Waals surface area contributed by atoms with Gasteiger partial charge >= 0.3 is 0 Å². The number of nitrogens with two attached hydrogens (primary N) is 1. The molecule has 1 fully saturated rings. The van der Waals surface area contributed by atoms with Crippen molar-refractivity contribution in [3.8, 4) is 0 Å². The molecule has 146 valence electrons. The second-order valence-electron chi connectivity index (χ2n) is 6.10. The van der Waals surface area contributed by atoms with E-state index in [1.165, 1.54) is 16.4 Å². The Morgan fingerprint density at radius 1 is 1.42 bits per heavy atom. The van der Waals surface area contributed by atoms with Gasteiger partial charge in [-0.1, -0.05) is 0 Å². The van der Waals surface area contributed by atoms with Crippen LogP contribution in [0.3, 0.4) is 0 Å². The summed E-state index contributed by atoms with van der Waals surface area (Å²) in [5.74, 6) is -0.642. The number of rotatable bonds is 6. The maximum Gasteiger partial charge on any atom is 0.269 e. The van der Waals surface area contributed by atoms with E-state index in [4.69, 9.17) is 5.73 Å². The normalized spacial score (nSPS) is 19.2. The number of nitrogens with one attached hydrogen (secondary N) is 1. The van der Waals surface area contributed by atoms with Crippen LogP contribution in [0.2, 0.25) is 0 Å². The zero-order valence-electron chi connectivity index (χ0n) is 14.3. The highest BCUT2D eigenvalue weighted by atomic mass is 35.5. The van der Waals surface area contributed by atoms with Crippen molar-refractivity contribution >= 4 is 34.0 Å². The van der Waals surface area contributed by atoms with Crippen LogP contribution in [0.25, 0.3) is 0 Å². The Hall–Kier alpha value is -1.75. The number of benzene rings is 1. The number of sulfonamides is 1. The first-order valence-electron chi connectivity index (χ1n) is 8.00. The van der Waals surface area contributed by atoms with Gasteiger partial charge in [0.2, 0.25) is 15.9 Å². The second-order valence-corrected chi connectivity index (χ2v) is 8.04. The molecule has 1 aliphatic heterocycles. The molecule has 3 N–H and O–H groups in total. The number of hydrogen-bond acceptors (Lipinski definition) is 6. The monoisotopic (exact) mass is 406 g/mol. The molecule has 1 aliphatic rings. The molecule has 1 amide bonds. The third-order valence-corrected chi connectivity index (χ3v) is 6.06. The van der Waals surface area contributed by atoms with Crippen LogP contribution in [-0.2, 0) is 14.8 Å². The predicted octanol–water partition coefficient (Wildman–Crippen LogP) is 0.881. The van der Waals surface area contributed by atoms with Crippen LogP contribution < -0.4 is 11.1 Å². The fourth-order valence-corrected chi connectivity index (χ4v) is 4.21. The first-order chi connectivity index (χ1) is 11.8. The van der Waals surface area contributed by atoms with E-state index < -0.39 is 20.9 Å². The molecule has 1 unspecified atom stereocenters. The summed E-state index contributed by atoms with van der Waals surface area (Å²) in [4.78, 5) is 22.3. The summed E-state index contributed by atoms with van der Waals surface area (Å²) in [7, 11) is -3.80. The van der Waals surface area contributed by atoms with Crippen LogP contribution in [0.15, 0.2) is 29.2 Å². The summed E-state index contributed by atoms with van der Waals surface area (Å²) >= 11 is 0.